The van der Waals surface area contributed by atoms with Crippen molar-refractivity contribution in [3.8, 4) is 0 Å². The van der Waals surface area contributed by atoms with Gasteiger partial charge in [0.15, 0.2) is 0 Å². The van der Waals surface area contributed by atoms with Gasteiger partial charge >= 0.3 is 0 Å². The van der Waals surface area contributed by atoms with Gasteiger partial charge in [0.05, 0.1) is 0 Å². The van der Waals surface area contributed by atoms with Crippen molar-refractivity contribution in [3.05, 3.63) is 0 Å². The Hall–Kier alpha value is -0.860. The van der Waals surface area contributed by atoms with Gasteiger partial charge in [-0.15, -0.1) is 0 Å². The van der Waals surface area contributed by atoms with Crippen molar-refractivity contribution in [1.82, 2.24) is 5.32 Å². The van der Waals surface area contributed by atoms with Crippen LogP contribution in [-0.2, 0) is 9.59 Å². The van der Waals surface area contributed by atoms with Crippen molar-refractivity contribution >= 4 is 11.7 Å². The van der Waals surface area contributed by atoms with E-state index in [2.05, 4.69) is 5.32 Å². The van der Waals surface area contributed by atoms with Crippen LogP contribution < -0.4 is 5.32 Å². The van der Waals surface area contributed by atoms with E-state index in [1.54, 1.807) is 6.92 Å². The van der Waals surface area contributed by atoms with E-state index in [0.717, 1.165) is 51.4 Å². The molecule has 24 heavy (non-hydrogen) atoms. The van der Waals surface area contributed by atoms with E-state index in [-0.39, 0.29) is 11.8 Å². The van der Waals surface area contributed by atoms with E-state index in [0.29, 0.717) is 17.7 Å². The van der Waals surface area contributed by atoms with E-state index < -0.39 is 0 Å². The highest BCUT2D eigenvalue weighted by atomic mass is 16.2. The van der Waals surface area contributed by atoms with Crippen LogP contribution in [0, 0.1) is 11.8 Å². The Morgan fingerprint density at radius 1 is 0.625 bits per heavy atom. The van der Waals surface area contributed by atoms with Crippen LogP contribution in [0.15, 0.2) is 0 Å². The predicted molar refractivity (Wildman–Crippen MR) is 98.8 cm³/mol. The lowest BCUT2D eigenvalue weighted by atomic mass is 9.83. The molecule has 3 nitrogen and oxygen atoms in total. The van der Waals surface area contributed by atoms with E-state index in [1.807, 2.05) is 0 Å². The highest BCUT2D eigenvalue weighted by Crippen LogP contribution is 2.27. The summed E-state index contributed by atoms with van der Waals surface area (Å²) in [5, 5.41) is 3.38. The Morgan fingerprint density at radius 3 is 1.58 bits per heavy atom. The third-order valence-corrected chi connectivity index (χ3v) is 6.11. The monoisotopic (exact) mass is 335 g/mol. The molecule has 1 amide bonds. The molecule has 2 saturated carbocycles. The third-order valence-electron chi connectivity index (χ3n) is 6.11. The second-order valence-corrected chi connectivity index (χ2v) is 8.12. The summed E-state index contributed by atoms with van der Waals surface area (Å²) in [6, 6.07) is 0.394. The van der Waals surface area contributed by atoms with Gasteiger partial charge in [-0.2, -0.15) is 0 Å². The maximum absolute atomic E-state index is 12.7. The van der Waals surface area contributed by atoms with Crippen LogP contribution in [0.25, 0.3) is 0 Å². The normalized spacial score (nSPS) is 28.4. The Bertz CT molecular complexity index is 373. The van der Waals surface area contributed by atoms with Gasteiger partial charge in [0, 0.05) is 17.9 Å². The molecule has 2 aliphatic rings. The summed E-state index contributed by atoms with van der Waals surface area (Å²) >= 11 is 0. The van der Waals surface area contributed by atoms with Gasteiger partial charge in [-0.25, -0.2) is 0 Å². The number of Topliss-reactive ketones (excluding diaryl/α,β-unsaturated/α-hetero) is 1. The largest absolute Gasteiger partial charge is 0.353 e. The number of hydrogen-bond acceptors (Lipinski definition) is 2. The molecule has 0 aromatic carbocycles. The fraction of sp³-hybridized carbons (Fsp3) is 0.905. The molecule has 2 aliphatic carbocycles. The average molecular weight is 336 g/mol. The fourth-order valence-electron chi connectivity index (χ4n) is 4.45. The SMILES string of the molecule is CC(=O)C1CCCC(C(=O)NC2CCCCCCCCC2)CCC1. The molecule has 0 unspecified atom stereocenters. The summed E-state index contributed by atoms with van der Waals surface area (Å²) < 4.78 is 0. The molecule has 0 radical (unpaired) electrons. The van der Waals surface area contributed by atoms with Gasteiger partial charge in [0.2, 0.25) is 5.91 Å². The van der Waals surface area contributed by atoms with Crippen molar-refractivity contribution in [3.63, 3.8) is 0 Å². The quantitative estimate of drug-likeness (QED) is 0.773. The van der Waals surface area contributed by atoms with E-state index in [4.69, 9.17) is 0 Å². The van der Waals surface area contributed by atoms with Crippen molar-refractivity contribution < 1.29 is 9.59 Å². The topological polar surface area (TPSA) is 46.2 Å². The first-order valence-corrected chi connectivity index (χ1v) is 10.5. The van der Waals surface area contributed by atoms with Crippen LogP contribution in [0.3, 0.4) is 0 Å². The Labute approximate surface area is 148 Å². The predicted octanol–water partition coefficient (Wildman–Crippen LogP) is 5.17. The summed E-state index contributed by atoms with van der Waals surface area (Å²) in [5.74, 6) is 1.04. The number of carbonyl (C=O) groups is 2. The molecular weight excluding hydrogens is 298 g/mol. The molecule has 0 spiro atoms. The van der Waals surface area contributed by atoms with Gasteiger partial charge in [-0.3, -0.25) is 9.59 Å². The lowest BCUT2D eigenvalue weighted by molar-refractivity contribution is -0.126. The zero-order chi connectivity index (χ0) is 17.2. The summed E-state index contributed by atoms with van der Waals surface area (Å²) in [6.45, 7) is 1.72. The second-order valence-electron chi connectivity index (χ2n) is 8.12. The maximum Gasteiger partial charge on any atom is 0.223 e. The number of nitrogens with one attached hydrogen (secondary N) is 1. The minimum absolute atomic E-state index is 0.174. The Balaban J connectivity index is 1.78. The van der Waals surface area contributed by atoms with Crippen LogP contribution in [-0.4, -0.2) is 17.7 Å². The van der Waals surface area contributed by atoms with E-state index in [1.165, 1.54) is 44.9 Å². The number of carbonyl (C=O) groups excluding carboxylic acids is 2. The Morgan fingerprint density at radius 2 is 1.08 bits per heavy atom. The molecule has 0 aliphatic heterocycles. The highest BCUT2D eigenvalue weighted by molar-refractivity contribution is 5.79. The first-order valence-electron chi connectivity index (χ1n) is 10.5. The van der Waals surface area contributed by atoms with Crippen LogP contribution in [0.4, 0.5) is 0 Å². The van der Waals surface area contributed by atoms with Crippen molar-refractivity contribution in [1.29, 1.82) is 0 Å². The molecular formula is C21H37NO2. The smallest absolute Gasteiger partial charge is 0.223 e. The van der Waals surface area contributed by atoms with Crippen LogP contribution in [0.1, 0.15) is 103 Å². The molecule has 0 saturated heterocycles. The molecule has 1 N–H and O–H groups in total. The summed E-state index contributed by atoms with van der Waals surface area (Å²) in [5.41, 5.74) is 0. The van der Waals surface area contributed by atoms with Crippen molar-refractivity contribution in [2.24, 2.45) is 11.8 Å². The molecule has 0 atom stereocenters. The van der Waals surface area contributed by atoms with Crippen molar-refractivity contribution in [2.45, 2.75) is 109 Å². The molecule has 2 fully saturated rings. The number of amides is 1. The second kappa shape index (κ2) is 10.9. The number of hydrogen-bond donors (Lipinski definition) is 1. The molecule has 3 heteroatoms. The van der Waals surface area contributed by atoms with Crippen molar-refractivity contribution in [2.75, 3.05) is 0 Å². The minimum Gasteiger partial charge on any atom is -0.353 e. The molecule has 0 heterocycles. The minimum atomic E-state index is 0.174. The summed E-state index contributed by atoms with van der Waals surface area (Å²) in [4.78, 5) is 24.3. The Kier molecular flexibility index (Phi) is 8.83. The fourth-order valence-corrected chi connectivity index (χ4v) is 4.45. The third kappa shape index (κ3) is 6.94. The molecule has 0 aromatic rings. The average Bonchev–Trinajstić information content (AvgIpc) is 2.53. The standard InChI is InChI=1S/C21H37NO2/c1-17(23)18-11-9-13-19(14-10-12-18)21(24)22-20-15-7-5-3-2-4-6-8-16-20/h18-20H,2-16H2,1H3,(H,22,24). The molecule has 2 rings (SSSR count). The summed E-state index contributed by atoms with van der Waals surface area (Å²) in [7, 11) is 0. The number of rotatable bonds is 3. The van der Waals surface area contributed by atoms with Gasteiger partial charge in [0.25, 0.3) is 0 Å². The van der Waals surface area contributed by atoms with Gasteiger partial charge in [-0.05, 0) is 45.4 Å². The van der Waals surface area contributed by atoms with Crippen LogP contribution in [0.5, 0.6) is 0 Å². The first-order chi connectivity index (χ1) is 11.7. The lowest BCUT2D eigenvalue weighted by Crippen LogP contribution is -2.39. The number of ketones is 1. The highest BCUT2D eigenvalue weighted by Gasteiger charge is 2.25. The molecule has 138 valence electrons. The van der Waals surface area contributed by atoms with Gasteiger partial charge in [-0.1, -0.05) is 57.8 Å². The van der Waals surface area contributed by atoms with E-state index >= 15 is 0 Å². The maximum atomic E-state index is 12.7. The van der Waals surface area contributed by atoms with Gasteiger partial charge in [0.1, 0.15) is 5.78 Å². The zero-order valence-electron chi connectivity index (χ0n) is 15.7. The first kappa shape index (κ1) is 19.5. The van der Waals surface area contributed by atoms with Gasteiger partial charge < -0.3 is 5.32 Å². The van der Waals surface area contributed by atoms with Crippen LogP contribution in [0.2, 0.25) is 0 Å². The lowest BCUT2D eigenvalue weighted by Gasteiger charge is -2.26. The van der Waals surface area contributed by atoms with Crippen LogP contribution >= 0.6 is 0 Å². The molecule has 0 bridgehead atoms. The van der Waals surface area contributed by atoms with E-state index in [9.17, 15) is 9.59 Å². The summed E-state index contributed by atoms with van der Waals surface area (Å²) in [6.07, 6.45) is 17.5. The zero-order valence-corrected chi connectivity index (χ0v) is 15.7. The molecule has 0 aromatic heterocycles.